The smallest absolute Gasteiger partial charge is 0.226 e. The van der Waals surface area contributed by atoms with E-state index in [-0.39, 0.29) is 41.5 Å². The van der Waals surface area contributed by atoms with E-state index in [1.165, 1.54) is 23.3 Å². The SMILES string of the molecule is C[S+]([O-])N[C@H]1[C@@H](F)CN(C(=O)C2CC3CCC32)[C@H]1Cc1cccc(-c2cc(F)cc(F)c2)c1F. The Morgan fingerprint density at radius 2 is 1.91 bits per heavy atom. The summed E-state index contributed by atoms with van der Waals surface area (Å²) in [6.45, 7) is -0.136. The minimum absolute atomic E-state index is 0.0146. The first-order valence-corrected chi connectivity index (χ1v) is 13.1. The molecule has 0 radical (unpaired) electrons. The highest BCUT2D eigenvalue weighted by atomic mass is 32.2. The lowest BCUT2D eigenvalue weighted by molar-refractivity contribution is -0.152. The molecule has 1 N–H and O–H groups in total. The van der Waals surface area contributed by atoms with E-state index in [1.807, 2.05) is 0 Å². The van der Waals surface area contributed by atoms with Crippen molar-refractivity contribution in [3.05, 3.63) is 59.4 Å². The van der Waals surface area contributed by atoms with E-state index >= 15 is 8.78 Å². The Morgan fingerprint density at radius 3 is 2.50 bits per heavy atom. The third kappa shape index (κ3) is 4.22. The molecule has 2 aliphatic carbocycles. The topological polar surface area (TPSA) is 55.4 Å². The fourth-order valence-corrected chi connectivity index (χ4v) is 6.51. The number of carbonyl (C=O) groups excluding carboxylic acids is 1. The Labute approximate surface area is 199 Å². The predicted octanol–water partition coefficient (Wildman–Crippen LogP) is 4.16. The molecule has 2 aromatic carbocycles. The number of hydrogen-bond acceptors (Lipinski definition) is 3. The lowest BCUT2D eigenvalue weighted by Gasteiger charge is -2.53. The van der Waals surface area contributed by atoms with Gasteiger partial charge in [-0.05, 0) is 60.8 Å². The monoisotopic (exact) mass is 494 g/mol. The van der Waals surface area contributed by atoms with Gasteiger partial charge in [-0.15, -0.1) is 4.72 Å². The van der Waals surface area contributed by atoms with Crippen molar-refractivity contribution in [2.45, 2.75) is 43.9 Å². The van der Waals surface area contributed by atoms with Gasteiger partial charge in [-0.25, -0.2) is 17.6 Å². The number of fused-ring (bicyclic) bond motifs is 1. The van der Waals surface area contributed by atoms with Gasteiger partial charge < -0.3 is 9.45 Å². The number of alkyl halides is 1. The quantitative estimate of drug-likeness (QED) is 0.485. The molecule has 182 valence electrons. The number of halogens is 4. The number of carbonyl (C=O) groups is 1. The van der Waals surface area contributed by atoms with Crippen LogP contribution in [-0.4, -0.2) is 46.4 Å². The zero-order valence-electron chi connectivity index (χ0n) is 18.6. The van der Waals surface area contributed by atoms with Gasteiger partial charge in [-0.1, -0.05) is 18.2 Å². The molecule has 4 nitrogen and oxygen atoms in total. The van der Waals surface area contributed by atoms with Gasteiger partial charge in [-0.2, -0.15) is 0 Å². The summed E-state index contributed by atoms with van der Waals surface area (Å²) in [5, 5.41) is 0. The Balaban J connectivity index is 1.45. The first-order chi connectivity index (χ1) is 16.2. The Morgan fingerprint density at radius 1 is 1.18 bits per heavy atom. The Bertz CT molecular complexity index is 1080. The number of nitrogens with zero attached hydrogens (tertiary/aromatic N) is 1. The first-order valence-electron chi connectivity index (χ1n) is 11.5. The van der Waals surface area contributed by atoms with Crippen molar-refractivity contribution in [2.24, 2.45) is 17.8 Å². The fraction of sp³-hybridized carbons (Fsp3) is 0.480. The Kier molecular flexibility index (Phi) is 6.37. The molecule has 2 aromatic rings. The molecule has 1 heterocycles. The van der Waals surface area contributed by atoms with E-state index in [1.54, 1.807) is 6.07 Å². The molecule has 34 heavy (non-hydrogen) atoms. The normalized spacial score (nSPS) is 30.9. The summed E-state index contributed by atoms with van der Waals surface area (Å²) in [4.78, 5) is 14.8. The second kappa shape index (κ2) is 9.17. The van der Waals surface area contributed by atoms with Gasteiger partial charge in [0, 0.05) is 28.9 Å². The van der Waals surface area contributed by atoms with Crippen LogP contribution in [0.3, 0.4) is 0 Å². The van der Waals surface area contributed by atoms with Crippen LogP contribution in [0.1, 0.15) is 24.8 Å². The van der Waals surface area contributed by atoms with Crippen molar-refractivity contribution in [1.82, 2.24) is 9.62 Å². The number of amides is 1. The second-order valence-corrected chi connectivity index (χ2v) is 10.8. The van der Waals surface area contributed by atoms with Crippen LogP contribution in [0.2, 0.25) is 0 Å². The van der Waals surface area contributed by atoms with Crippen LogP contribution < -0.4 is 4.72 Å². The first kappa shape index (κ1) is 23.6. The van der Waals surface area contributed by atoms with Crippen LogP contribution in [0.5, 0.6) is 0 Å². The van der Waals surface area contributed by atoms with Crippen molar-refractivity contribution in [3.63, 3.8) is 0 Å². The van der Waals surface area contributed by atoms with Crippen molar-refractivity contribution in [1.29, 1.82) is 0 Å². The molecule has 1 amide bonds. The van der Waals surface area contributed by atoms with Crippen molar-refractivity contribution in [3.8, 4) is 11.1 Å². The molecule has 1 aliphatic heterocycles. The van der Waals surface area contributed by atoms with Crippen LogP contribution in [0.25, 0.3) is 11.1 Å². The van der Waals surface area contributed by atoms with Gasteiger partial charge in [-0.3, -0.25) is 4.79 Å². The Hall–Kier alpha value is -2.10. The van der Waals surface area contributed by atoms with E-state index < -0.39 is 47.1 Å². The molecule has 3 aliphatic rings. The number of nitrogens with one attached hydrogen (secondary N) is 1. The number of benzene rings is 2. The van der Waals surface area contributed by atoms with Gasteiger partial charge in [0.1, 0.15) is 35.9 Å². The standard InChI is InChI=1S/C25H26F4N2O2S/c1-34(33)30-24-21(28)12-31(25(32)20-9-13-5-6-18(13)20)22(24)10-14-3-2-4-19(23(14)29)15-7-16(26)11-17(27)8-15/h2-4,7-8,11,13,18,20-22,24,30H,5-6,9-10,12H2,1H3/t13?,18?,20?,21-,22-,24-,34?/m0/s1. The van der Waals surface area contributed by atoms with Crippen molar-refractivity contribution >= 4 is 17.3 Å². The largest absolute Gasteiger partial charge is 0.598 e. The summed E-state index contributed by atoms with van der Waals surface area (Å²) < 4.78 is 72.6. The molecule has 3 fully saturated rings. The van der Waals surface area contributed by atoms with E-state index in [9.17, 15) is 18.1 Å². The van der Waals surface area contributed by atoms with Gasteiger partial charge in [0.05, 0.1) is 12.6 Å². The molecule has 0 aromatic heterocycles. The minimum Gasteiger partial charge on any atom is -0.598 e. The summed E-state index contributed by atoms with van der Waals surface area (Å²) in [6.07, 6.45) is 2.86. The molecule has 1 saturated heterocycles. The van der Waals surface area contributed by atoms with Crippen molar-refractivity contribution in [2.75, 3.05) is 12.8 Å². The molecule has 4 unspecified atom stereocenters. The minimum atomic E-state index is -1.53. The second-order valence-electron chi connectivity index (χ2n) is 9.66. The molecular formula is C25H26F4N2O2S. The lowest BCUT2D eigenvalue weighted by Crippen LogP contribution is -2.55. The summed E-state index contributed by atoms with van der Waals surface area (Å²) in [5.74, 6) is -1.65. The average molecular weight is 495 g/mol. The van der Waals surface area contributed by atoms with Crippen molar-refractivity contribution < 1.29 is 26.9 Å². The van der Waals surface area contributed by atoms with Gasteiger partial charge >= 0.3 is 0 Å². The predicted molar refractivity (Wildman–Crippen MR) is 121 cm³/mol. The van der Waals surface area contributed by atoms with E-state index in [0.29, 0.717) is 17.9 Å². The third-order valence-corrected chi connectivity index (χ3v) is 8.31. The molecule has 0 bridgehead atoms. The lowest BCUT2D eigenvalue weighted by atomic mass is 9.53. The number of likely N-dealkylation sites (tertiary alicyclic amines) is 1. The number of hydrogen-bond donors (Lipinski definition) is 1. The summed E-state index contributed by atoms with van der Waals surface area (Å²) in [6, 6.07) is 5.66. The van der Waals surface area contributed by atoms with Crippen LogP contribution in [0, 0.1) is 35.2 Å². The highest BCUT2D eigenvalue weighted by Crippen LogP contribution is 2.55. The molecule has 5 rings (SSSR count). The summed E-state index contributed by atoms with van der Waals surface area (Å²) in [5.41, 5.74) is 0.265. The summed E-state index contributed by atoms with van der Waals surface area (Å²) >= 11 is -1.53. The maximum Gasteiger partial charge on any atom is 0.226 e. The fourth-order valence-electron chi connectivity index (χ4n) is 5.82. The molecule has 0 spiro atoms. The highest BCUT2D eigenvalue weighted by molar-refractivity contribution is 7.88. The third-order valence-electron chi connectivity index (χ3n) is 7.71. The molecular weight excluding hydrogens is 468 g/mol. The summed E-state index contributed by atoms with van der Waals surface area (Å²) in [7, 11) is 0. The van der Waals surface area contributed by atoms with Crippen LogP contribution in [0.15, 0.2) is 36.4 Å². The highest BCUT2D eigenvalue weighted by Gasteiger charge is 2.55. The zero-order chi connectivity index (χ0) is 24.1. The van der Waals surface area contributed by atoms with E-state index in [0.717, 1.165) is 31.4 Å². The average Bonchev–Trinajstić information content (AvgIpc) is 3.05. The molecule has 7 atom stereocenters. The van der Waals surface area contributed by atoms with Crippen LogP contribution >= 0.6 is 0 Å². The number of rotatable bonds is 6. The van der Waals surface area contributed by atoms with Gasteiger partial charge in [0.25, 0.3) is 0 Å². The van der Waals surface area contributed by atoms with Gasteiger partial charge in [0.15, 0.2) is 0 Å². The van der Waals surface area contributed by atoms with Gasteiger partial charge in [0.2, 0.25) is 5.91 Å². The van der Waals surface area contributed by atoms with E-state index in [4.69, 9.17) is 0 Å². The maximum absolute atomic E-state index is 15.5. The van der Waals surface area contributed by atoms with Crippen LogP contribution in [0.4, 0.5) is 17.6 Å². The molecule has 2 saturated carbocycles. The van der Waals surface area contributed by atoms with Crippen LogP contribution in [-0.2, 0) is 22.6 Å². The molecule has 9 heteroatoms. The maximum atomic E-state index is 15.5. The van der Waals surface area contributed by atoms with E-state index in [2.05, 4.69) is 4.72 Å². The zero-order valence-corrected chi connectivity index (χ0v) is 19.5.